The summed E-state index contributed by atoms with van der Waals surface area (Å²) in [5.74, 6) is -4.79. The smallest absolute Gasteiger partial charge is 0.261 e. The van der Waals surface area contributed by atoms with Gasteiger partial charge in [-0.15, -0.1) is 0 Å². The van der Waals surface area contributed by atoms with Crippen molar-refractivity contribution in [2.45, 2.75) is 4.90 Å². The molecule has 0 radical (unpaired) electrons. The van der Waals surface area contributed by atoms with Crippen molar-refractivity contribution in [1.82, 2.24) is 9.97 Å². The van der Waals surface area contributed by atoms with Crippen molar-refractivity contribution in [2.75, 3.05) is 4.72 Å². The number of aromatic nitrogens is 2. The van der Waals surface area contributed by atoms with Gasteiger partial charge in [0.2, 0.25) is 0 Å². The van der Waals surface area contributed by atoms with Crippen LogP contribution in [0.15, 0.2) is 29.4 Å². The fourth-order valence-corrected chi connectivity index (χ4v) is 2.70. The van der Waals surface area contributed by atoms with E-state index in [1.807, 2.05) is 0 Å². The van der Waals surface area contributed by atoms with E-state index in [-0.39, 0.29) is 17.3 Å². The van der Waals surface area contributed by atoms with Crippen LogP contribution in [0.3, 0.4) is 0 Å². The van der Waals surface area contributed by atoms with E-state index in [9.17, 15) is 21.6 Å². The first-order valence-electron chi connectivity index (χ1n) is 4.95. The van der Waals surface area contributed by atoms with Gasteiger partial charge in [0, 0.05) is 24.5 Å². The van der Waals surface area contributed by atoms with E-state index in [2.05, 4.69) is 9.97 Å². The summed E-state index contributed by atoms with van der Waals surface area (Å²) in [5.41, 5.74) is 0. The van der Waals surface area contributed by atoms with Crippen LogP contribution in [0.5, 0.6) is 0 Å². The summed E-state index contributed by atoms with van der Waals surface area (Å²) in [6, 6.07) is 0.492. The summed E-state index contributed by atoms with van der Waals surface area (Å²) >= 11 is 5.57. The molecule has 0 saturated heterocycles. The third-order valence-electron chi connectivity index (χ3n) is 2.12. The fraction of sp³-hybridized carbons (Fsp3) is 0. The molecule has 0 bridgehead atoms. The molecule has 0 aliphatic carbocycles. The molecule has 1 aromatic carbocycles. The predicted molar refractivity (Wildman–Crippen MR) is 64.2 cm³/mol. The van der Waals surface area contributed by atoms with Crippen molar-refractivity contribution in [1.29, 1.82) is 0 Å². The zero-order chi connectivity index (χ0) is 14.9. The van der Waals surface area contributed by atoms with Gasteiger partial charge in [-0.2, -0.15) is 0 Å². The SMILES string of the molecule is O=S(=O)(Nc1nccnc1Cl)c1c(F)cc(F)cc1F. The van der Waals surface area contributed by atoms with E-state index >= 15 is 0 Å². The molecular weight excluding hydrogens is 319 g/mol. The van der Waals surface area contributed by atoms with E-state index < -0.39 is 38.2 Å². The molecule has 1 heterocycles. The number of nitrogens with zero attached hydrogens (tertiary/aromatic N) is 2. The molecule has 1 aromatic heterocycles. The summed E-state index contributed by atoms with van der Waals surface area (Å²) in [6.45, 7) is 0. The van der Waals surface area contributed by atoms with Gasteiger partial charge in [0.25, 0.3) is 10.0 Å². The van der Waals surface area contributed by atoms with E-state index in [1.54, 1.807) is 4.72 Å². The molecule has 1 N–H and O–H groups in total. The molecule has 10 heteroatoms. The Labute approximate surface area is 116 Å². The minimum atomic E-state index is -4.67. The minimum Gasteiger partial charge on any atom is -0.261 e. The highest BCUT2D eigenvalue weighted by atomic mass is 35.5. The van der Waals surface area contributed by atoms with Gasteiger partial charge in [0.15, 0.2) is 15.9 Å². The van der Waals surface area contributed by atoms with Crippen molar-refractivity contribution >= 4 is 27.4 Å². The van der Waals surface area contributed by atoms with Crippen LogP contribution in [0, 0.1) is 17.5 Å². The van der Waals surface area contributed by atoms with Crippen LogP contribution in [0.1, 0.15) is 0 Å². The lowest BCUT2D eigenvalue weighted by Gasteiger charge is -2.09. The van der Waals surface area contributed by atoms with Crippen LogP contribution >= 0.6 is 11.6 Å². The Hall–Kier alpha value is -1.87. The molecule has 0 aliphatic heterocycles. The van der Waals surface area contributed by atoms with Gasteiger partial charge >= 0.3 is 0 Å². The number of anilines is 1. The molecule has 0 aliphatic rings. The summed E-state index contributed by atoms with van der Waals surface area (Å²) in [5, 5.41) is -0.306. The maximum atomic E-state index is 13.4. The zero-order valence-corrected chi connectivity index (χ0v) is 11.0. The van der Waals surface area contributed by atoms with E-state index in [1.165, 1.54) is 6.20 Å². The second kappa shape index (κ2) is 5.25. The van der Waals surface area contributed by atoms with E-state index in [0.717, 1.165) is 6.20 Å². The number of benzene rings is 1. The standard InChI is InChI=1S/C10H5ClF3N3O2S/c11-9-10(16-2-1-15-9)17-20(18,19)8-6(13)3-5(12)4-7(8)14/h1-4H,(H,16,17). The lowest BCUT2D eigenvalue weighted by atomic mass is 10.3. The Morgan fingerprint density at radius 2 is 1.60 bits per heavy atom. The Morgan fingerprint density at radius 3 is 2.15 bits per heavy atom. The minimum absolute atomic E-state index is 0.246. The molecule has 0 spiro atoms. The molecular formula is C10H5ClF3N3O2S. The number of nitrogens with one attached hydrogen (secondary N) is 1. The molecule has 0 atom stereocenters. The molecule has 0 fully saturated rings. The molecule has 2 rings (SSSR count). The number of rotatable bonds is 3. The molecule has 2 aromatic rings. The average molecular weight is 324 g/mol. The van der Waals surface area contributed by atoms with Crippen molar-refractivity contribution < 1.29 is 21.6 Å². The molecule has 0 saturated carbocycles. The second-order valence-corrected chi connectivity index (χ2v) is 5.48. The van der Waals surface area contributed by atoms with Crippen LogP contribution in [-0.4, -0.2) is 18.4 Å². The first-order valence-corrected chi connectivity index (χ1v) is 6.81. The summed E-state index contributed by atoms with van der Waals surface area (Å²) < 4.78 is 65.1. The largest absolute Gasteiger partial charge is 0.269 e. The van der Waals surface area contributed by atoms with Gasteiger partial charge in [-0.25, -0.2) is 31.6 Å². The van der Waals surface area contributed by atoms with E-state index in [0.29, 0.717) is 0 Å². The molecule has 5 nitrogen and oxygen atoms in total. The van der Waals surface area contributed by atoms with Gasteiger partial charge < -0.3 is 0 Å². The Bertz CT molecular complexity index is 747. The Kier molecular flexibility index (Phi) is 3.82. The highest BCUT2D eigenvalue weighted by molar-refractivity contribution is 7.92. The number of hydrogen-bond acceptors (Lipinski definition) is 4. The highest BCUT2D eigenvalue weighted by Gasteiger charge is 2.26. The second-order valence-electron chi connectivity index (χ2n) is 3.50. The van der Waals surface area contributed by atoms with Crippen LogP contribution in [0.25, 0.3) is 0 Å². The topological polar surface area (TPSA) is 72.0 Å². The van der Waals surface area contributed by atoms with Crippen LogP contribution in [0.4, 0.5) is 19.0 Å². The maximum Gasteiger partial charge on any atom is 0.269 e. The molecule has 106 valence electrons. The van der Waals surface area contributed by atoms with Crippen molar-refractivity contribution in [3.63, 3.8) is 0 Å². The van der Waals surface area contributed by atoms with Gasteiger partial charge in [-0.1, -0.05) is 11.6 Å². The van der Waals surface area contributed by atoms with Gasteiger partial charge in [-0.3, -0.25) is 4.72 Å². The first kappa shape index (κ1) is 14.5. The number of halogens is 4. The van der Waals surface area contributed by atoms with E-state index in [4.69, 9.17) is 11.6 Å². The fourth-order valence-electron chi connectivity index (χ4n) is 1.35. The quantitative estimate of drug-likeness (QED) is 0.941. The lowest BCUT2D eigenvalue weighted by Crippen LogP contribution is -2.18. The Morgan fingerprint density at radius 1 is 1.05 bits per heavy atom. The average Bonchev–Trinajstić information content (AvgIpc) is 2.30. The third kappa shape index (κ3) is 2.83. The summed E-state index contributed by atoms with van der Waals surface area (Å²) in [4.78, 5) is 5.77. The lowest BCUT2D eigenvalue weighted by molar-refractivity contribution is 0.498. The highest BCUT2D eigenvalue weighted by Crippen LogP contribution is 2.24. The normalized spacial score (nSPS) is 11.4. The number of sulfonamides is 1. The monoisotopic (exact) mass is 323 g/mol. The van der Waals surface area contributed by atoms with Crippen molar-refractivity contribution in [3.8, 4) is 0 Å². The summed E-state index contributed by atoms with van der Waals surface area (Å²) in [7, 11) is -4.67. The molecule has 0 amide bonds. The van der Waals surface area contributed by atoms with Crippen LogP contribution < -0.4 is 4.72 Å². The third-order valence-corrected chi connectivity index (χ3v) is 3.78. The van der Waals surface area contributed by atoms with Crippen molar-refractivity contribution in [2.24, 2.45) is 0 Å². The zero-order valence-electron chi connectivity index (χ0n) is 9.44. The van der Waals surface area contributed by atoms with Gasteiger partial charge in [0.05, 0.1) is 0 Å². The molecule has 0 unspecified atom stereocenters. The van der Waals surface area contributed by atoms with Gasteiger partial charge in [0.1, 0.15) is 17.5 Å². The molecule has 20 heavy (non-hydrogen) atoms. The van der Waals surface area contributed by atoms with Crippen molar-refractivity contribution in [3.05, 3.63) is 47.1 Å². The Balaban J connectivity index is 2.50. The maximum absolute atomic E-state index is 13.4. The summed E-state index contributed by atoms with van der Waals surface area (Å²) in [6.07, 6.45) is 2.32. The van der Waals surface area contributed by atoms with Crippen LogP contribution in [-0.2, 0) is 10.0 Å². The van der Waals surface area contributed by atoms with Gasteiger partial charge in [-0.05, 0) is 0 Å². The predicted octanol–water partition coefficient (Wildman–Crippen LogP) is 2.35. The first-order chi connectivity index (χ1) is 9.31. The van der Waals surface area contributed by atoms with Crippen LogP contribution in [0.2, 0.25) is 5.15 Å². The number of hydrogen-bond donors (Lipinski definition) is 1.